The van der Waals surface area contributed by atoms with Gasteiger partial charge in [0.15, 0.2) is 5.58 Å². The van der Waals surface area contributed by atoms with Gasteiger partial charge in [-0.25, -0.2) is 4.79 Å². The number of esters is 1. The highest BCUT2D eigenvalue weighted by atomic mass is 32.2. The zero-order chi connectivity index (χ0) is 14.9. The number of aromatic nitrogens is 1. The molecule has 7 heteroatoms. The second kappa shape index (κ2) is 5.24. The van der Waals surface area contributed by atoms with Gasteiger partial charge in [0.1, 0.15) is 5.60 Å². The van der Waals surface area contributed by atoms with Gasteiger partial charge >= 0.3 is 11.7 Å². The van der Waals surface area contributed by atoms with E-state index in [9.17, 15) is 9.59 Å². The number of hydrogen-bond acceptors (Lipinski definition) is 6. The van der Waals surface area contributed by atoms with Crippen LogP contribution in [0.25, 0.3) is 11.1 Å². The molecular formula is C13H16N2O4S. The summed E-state index contributed by atoms with van der Waals surface area (Å²) in [6.07, 6.45) is 0. The Labute approximate surface area is 119 Å². The van der Waals surface area contributed by atoms with Gasteiger partial charge in [-0.05, 0) is 26.8 Å². The second-order valence-corrected chi connectivity index (χ2v) is 6.29. The lowest BCUT2D eigenvalue weighted by Gasteiger charge is -2.19. The van der Waals surface area contributed by atoms with Crippen molar-refractivity contribution in [3.05, 3.63) is 22.7 Å². The van der Waals surface area contributed by atoms with Gasteiger partial charge in [0, 0.05) is 16.6 Å². The quantitative estimate of drug-likeness (QED) is 0.511. The monoisotopic (exact) mass is 296 g/mol. The van der Waals surface area contributed by atoms with Gasteiger partial charge in [-0.15, -0.1) is 11.8 Å². The Morgan fingerprint density at radius 2 is 2.15 bits per heavy atom. The first kappa shape index (κ1) is 14.5. The molecule has 20 heavy (non-hydrogen) atoms. The van der Waals surface area contributed by atoms with Crippen molar-refractivity contribution in [1.29, 1.82) is 0 Å². The molecule has 0 amide bonds. The van der Waals surface area contributed by atoms with Crippen LogP contribution in [0.2, 0.25) is 0 Å². The molecule has 0 atom stereocenters. The van der Waals surface area contributed by atoms with E-state index in [0.717, 1.165) is 0 Å². The number of aromatic amines is 1. The van der Waals surface area contributed by atoms with Crippen LogP contribution in [0.15, 0.2) is 26.2 Å². The first-order valence-electron chi connectivity index (χ1n) is 6.01. The van der Waals surface area contributed by atoms with Crippen molar-refractivity contribution in [2.24, 2.45) is 0 Å². The fourth-order valence-electron chi connectivity index (χ4n) is 1.63. The molecule has 0 spiro atoms. The third kappa shape index (κ3) is 3.57. The maximum atomic E-state index is 11.7. The number of benzene rings is 1. The maximum Gasteiger partial charge on any atom is 0.417 e. The molecule has 0 saturated carbocycles. The highest BCUT2D eigenvalue weighted by molar-refractivity contribution is 8.00. The van der Waals surface area contributed by atoms with Crippen LogP contribution in [0.5, 0.6) is 0 Å². The number of H-pyrrole nitrogens is 1. The molecule has 0 aliphatic rings. The largest absolute Gasteiger partial charge is 0.459 e. The highest BCUT2D eigenvalue weighted by Crippen LogP contribution is 2.29. The molecule has 2 aromatic rings. The number of nitrogens with one attached hydrogen (secondary N) is 1. The van der Waals surface area contributed by atoms with E-state index >= 15 is 0 Å². The average Bonchev–Trinajstić information content (AvgIpc) is 2.62. The minimum Gasteiger partial charge on any atom is -0.459 e. The summed E-state index contributed by atoms with van der Waals surface area (Å²) in [6, 6.07) is 3.25. The number of rotatable bonds is 3. The van der Waals surface area contributed by atoms with E-state index in [1.807, 2.05) is 20.8 Å². The molecule has 1 aromatic heterocycles. The SMILES string of the molecule is CC(C)(C)OC(=O)CSc1cc2[nH]c(=O)oc2cc1N. The minimum atomic E-state index is -0.534. The zero-order valence-corrected chi connectivity index (χ0v) is 12.3. The van der Waals surface area contributed by atoms with E-state index in [0.29, 0.717) is 21.7 Å². The number of nitrogens with two attached hydrogens (primary N) is 1. The van der Waals surface area contributed by atoms with Crippen molar-refractivity contribution in [3.8, 4) is 0 Å². The topological polar surface area (TPSA) is 98.3 Å². The van der Waals surface area contributed by atoms with Crippen molar-refractivity contribution < 1.29 is 13.9 Å². The molecule has 0 radical (unpaired) electrons. The summed E-state index contributed by atoms with van der Waals surface area (Å²) in [7, 11) is 0. The van der Waals surface area contributed by atoms with Crippen LogP contribution in [0.1, 0.15) is 20.8 Å². The number of ether oxygens (including phenoxy) is 1. The smallest absolute Gasteiger partial charge is 0.417 e. The van der Waals surface area contributed by atoms with Crippen molar-refractivity contribution in [2.75, 3.05) is 11.5 Å². The van der Waals surface area contributed by atoms with Crippen molar-refractivity contribution in [3.63, 3.8) is 0 Å². The summed E-state index contributed by atoms with van der Waals surface area (Å²) < 4.78 is 10.1. The lowest BCUT2D eigenvalue weighted by atomic mass is 10.2. The molecule has 6 nitrogen and oxygen atoms in total. The Balaban J connectivity index is 2.11. The average molecular weight is 296 g/mol. The van der Waals surface area contributed by atoms with Gasteiger partial charge in [-0.2, -0.15) is 0 Å². The molecule has 1 aromatic carbocycles. The number of carbonyl (C=O) groups excluding carboxylic acids is 1. The highest BCUT2D eigenvalue weighted by Gasteiger charge is 2.17. The maximum absolute atomic E-state index is 11.7. The molecular weight excluding hydrogens is 280 g/mol. The molecule has 0 unspecified atom stereocenters. The van der Waals surface area contributed by atoms with Gasteiger partial charge in [0.25, 0.3) is 0 Å². The second-order valence-electron chi connectivity index (χ2n) is 5.28. The van der Waals surface area contributed by atoms with Gasteiger partial charge in [-0.1, -0.05) is 0 Å². The molecule has 3 N–H and O–H groups in total. The number of carbonyl (C=O) groups is 1. The Hall–Kier alpha value is -1.89. The van der Waals surface area contributed by atoms with Gasteiger partial charge in [0.2, 0.25) is 0 Å². The summed E-state index contributed by atoms with van der Waals surface area (Å²) >= 11 is 1.26. The van der Waals surface area contributed by atoms with E-state index in [2.05, 4.69) is 4.98 Å². The normalized spacial score (nSPS) is 11.8. The first-order valence-corrected chi connectivity index (χ1v) is 7.00. The third-order valence-electron chi connectivity index (χ3n) is 2.32. The van der Waals surface area contributed by atoms with E-state index in [1.54, 1.807) is 12.1 Å². The van der Waals surface area contributed by atoms with E-state index < -0.39 is 11.4 Å². The van der Waals surface area contributed by atoms with Crippen molar-refractivity contribution >= 4 is 34.5 Å². The predicted molar refractivity (Wildman–Crippen MR) is 77.8 cm³/mol. The van der Waals surface area contributed by atoms with Crippen LogP contribution in [0.4, 0.5) is 5.69 Å². The van der Waals surface area contributed by atoms with Crippen LogP contribution in [0, 0.1) is 0 Å². The summed E-state index contributed by atoms with van der Waals surface area (Å²) in [5.41, 5.74) is 6.75. The Morgan fingerprint density at radius 1 is 1.45 bits per heavy atom. The van der Waals surface area contributed by atoms with Crippen LogP contribution >= 0.6 is 11.8 Å². The molecule has 0 bridgehead atoms. The Morgan fingerprint density at radius 3 is 2.80 bits per heavy atom. The van der Waals surface area contributed by atoms with Crippen molar-refractivity contribution in [2.45, 2.75) is 31.3 Å². The number of anilines is 1. The Bertz CT molecular complexity index is 696. The molecule has 0 aliphatic heterocycles. The molecule has 0 aliphatic carbocycles. The van der Waals surface area contributed by atoms with Gasteiger partial charge < -0.3 is 14.9 Å². The molecule has 2 rings (SSSR count). The van der Waals surface area contributed by atoms with Gasteiger partial charge in [0.05, 0.1) is 11.3 Å². The van der Waals surface area contributed by atoms with E-state index in [-0.39, 0.29) is 11.7 Å². The molecule has 0 fully saturated rings. The predicted octanol–water partition coefficient (Wildman–Crippen LogP) is 2.14. The minimum absolute atomic E-state index is 0.148. The van der Waals surface area contributed by atoms with E-state index in [4.69, 9.17) is 14.9 Å². The molecule has 1 heterocycles. The number of thioether (sulfide) groups is 1. The van der Waals surface area contributed by atoms with Crippen LogP contribution in [-0.4, -0.2) is 22.3 Å². The summed E-state index contributed by atoms with van der Waals surface area (Å²) in [5.74, 6) is -0.703. The number of nitrogen functional groups attached to an aromatic ring is 1. The van der Waals surface area contributed by atoms with Crippen LogP contribution < -0.4 is 11.5 Å². The van der Waals surface area contributed by atoms with Crippen LogP contribution in [-0.2, 0) is 9.53 Å². The van der Waals surface area contributed by atoms with Crippen LogP contribution in [0.3, 0.4) is 0 Å². The fourth-order valence-corrected chi connectivity index (χ4v) is 2.38. The Kier molecular flexibility index (Phi) is 3.80. The standard InChI is InChI=1S/C13H16N2O4S/c1-13(2,3)19-11(16)6-20-10-5-8-9(4-7(10)14)18-12(17)15-8/h4-5H,6,14H2,1-3H3,(H,15,17). The third-order valence-corrected chi connectivity index (χ3v) is 3.36. The summed E-state index contributed by atoms with van der Waals surface area (Å²) in [4.78, 5) is 26.0. The number of fused-ring (bicyclic) bond motifs is 1. The lowest BCUT2D eigenvalue weighted by molar-refractivity contribution is -0.151. The summed E-state index contributed by atoms with van der Waals surface area (Å²) in [6.45, 7) is 5.44. The zero-order valence-electron chi connectivity index (χ0n) is 11.5. The fraction of sp³-hybridized carbons (Fsp3) is 0.385. The van der Waals surface area contributed by atoms with Crippen molar-refractivity contribution in [1.82, 2.24) is 4.98 Å². The van der Waals surface area contributed by atoms with E-state index in [1.165, 1.54) is 11.8 Å². The number of oxazole rings is 1. The molecule has 108 valence electrons. The number of hydrogen-bond donors (Lipinski definition) is 2. The summed E-state index contributed by atoms with van der Waals surface area (Å²) in [5, 5.41) is 0. The van der Waals surface area contributed by atoms with Gasteiger partial charge in [-0.3, -0.25) is 9.78 Å². The first-order chi connectivity index (χ1) is 9.24. The molecule has 0 saturated heterocycles. The lowest BCUT2D eigenvalue weighted by Crippen LogP contribution is -2.24.